The summed E-state index contributed by atoms with van der Waals surface area (Å²) in [6.45, 7) is 1.44. The highest BCUT2D eigenvalue weighted by atomic mass is 35.5. The lowest BCUT2D eigenvalue weighted by Gasteiger charge is -2.46. The summed E-state index contributed by atoms with van der Waals surface area (Å²) in [5, 5.41) is 4.42. The highest BCUT2D eigenvalue weighted by Gasteiger charge is 2.42. The second kappa shape index (κ2) is 7.16. The van der Waals surface area contributed by atoms with Crippen molar-refractivity contribution < 1.29 is 9.53 Å². The second-order valence-corrected chi connectivity index (χ2v) is 8.05. The van der Waals surface area contributed by atoms with Gasteiger partial charge in [0.15, 0.2) is 6.61 Å². The van der Waals surface area contributed by atoms with E-state index in [2.05, 4.69) is 52.5 Å². The third kappa shape index (κ3) is 3.25. The minimum Gasteiger partial charge on any atom is -0.484 e. The number of likely N-dealkylation sites (tertiary alicyclic amines) is 1. The summed E-state index contributed by atoms with van der Waals surface area (Å²) < 4.78 is 7.90. The van der Waals surface area contributed by atoms with Crippen molar-refractivity contribution in [2.24, 2.45) is 0 Å². The maximum absolute atomic E-state index is 12.7. The molecule has 1 spiro atoms. The zero-order valence-corrected chi connectivity index (χ0v) is 16.7. The number of para-hydroxylation sites is 2. The van der Waals surface area contributed by atoms with Crippen LogP contribution in [-0.4, -0.2) is 35.1 Å². The van der Waals surface area contributed by atoms with Crippen molar-refractivity contribution in [3.63, 3.8) is 0 Å². The Hall–Kier alpha value is -2.92. The lowest BCUT2D eigenvalue weighted by Crippen LogP contribution is -2.51. The number of hydrogen-bond donors (Lipinski definition) is 1. The summed E-state index contributed by atoms with van der Waals surface area (Å²) in [5.41, 5.74) is 3.43. The number of aromatic nitrogens is 1. The van der Waals surface area contributed by atoms with Gasteiger partial charge in [0.25, 0.3) is 5.91 Å². The van der Waals surface area contributed by atoms with Crippen molar-refractivity contribution in [1.82, 2.24) is 9.47 Å². The molecule has 148 valence electrons. The first-order valence-electron chi connectivity index (χ1n) is 9.86. The number of carbonyl (C=O) groups excluding carboxylic acids is 1. The molecule has 5 rings (SSSR count). The molecule has 3 aromatic rings. The standard InChI is InChI=1S/C23H22ClN3O2/c24-17-7-9-18(10-8-17)29-16-22(28)26-14-11-23(12-15-26)21-6-3-13-27(21)20-5-2-1-4-19(20)25-23/h1-10,13,25H,11-12,14-16H2. The number of nitrogens with one attached hydrogen (secondary N) is 1. The number of carbonyl (C=O) groups is 1. The molecule has 0 bridgehead atoms. The molecule has 0 unspecified atom stereocenters. The van der Waals surface area contributed by atoms with Gasteiger partial charge in [0.1, 0.15) is 5.75 Å². The SMILES string of the molecule is O=C(COc1ccc(Cl)cc1)N1CCC2(CC1)Nc1ccccc1-n1cccc12. The molecule has 5 nitrogen and oxygen atoms in total. The molecule has 3 heterocycles. The van der Waals surface area contributed by atoms with Crippen molar-refractivity contribution in [1.29, 1.82) is 0 Å². The van der Waals surface area contributed by atoms with Crippen LogP contribution >= 0.6 is 11.6 Å². The maximum atomic E-state index is 12.7. The number of amides is 1. The third-order valence-corrected chi connectivity index (χ3v) is 6.17. The van der Waals surface area contributed by atoms with E-state index in [4.69, 9.17) is 16.3 Å². The Kier molecular flexibility index (Phi) is 4.47. The van der Waals surface area contributed by atoms with Crippen molar-refractivity contribution in [2.75, 3.05) is 25.0 Å². The van der Waals surface area contributed by atoms with Crippen LogP contribution in [0.3, 0.4) is 0 Å². The molecule has 0 aliphatic carbocycles. The molecule has 2 aliphatic rings. The zero-order chi connectivity index (χ0) is 19.8. The predicted octanol–water partition coefficient (Wildman–Crippen LogP) is 4.45. The first kappa shape index (κ1) is 18.1. The largest absolute Gasteiger partial charge is 0.484 e. The van der Waals surface area contributed by atoms with E-state index < -0.39 is 0 Å². The zero-order valence-electron chi connectivity index (χ0n) is 16.0. The van der Waals surface area contributed by atoms with Crippen molar-refractivity contribution >= 4 is 23.2 Å². The number of piperidine rings is 1. The number of anilines is 1. The molecule has 0 saturated carbocycles. The number of halogens is 1. The predicted molar refractivity (Wildman–Crippen MR) is 114 cm³/mol. The fourth-order valence-corrected chi connectivity index (χ4v) is 4.50. The van der Waals surface area contributed by atoms with E-state index in [-0.39, 0.29) is 18.1 Å². The average Bonchev–Trinajstić information content (AvgIpc) is 3.25. The van der Waals surface area contributed by atoms with Gasteiger partial charge < -0.3 is 19.5 Å². The van der Waals surface area contributed by atoms with Gasteiger partial charge in [0, 0.05) is 30.0 Å². The monoisotopic (exact) mass is 407 g/mol. The average molecular weight is 408 g/mol. The molecule has 29 heavy (non-hydrogen) atoms. The normalized spacial score (nSPS) is 16.7. The van der Waals surface area contributed by atoms with Gasteiger partial charge in [-0.15, -0.1) is 0 Å². The molecule has 1 saturated heterocycles. The number of rotatable bonds is 3. The van der Waals surface area contributed by atoms with Crippen LogP contribution in [0, 0.1) is 0 Å². The number of ether oxygens (including phenoxy) is 1. The van der Waals surface area contributed by atoms with Crippen LogP contribution in [0.1, 0.15) is 18.5 Å². The Morgan fingerprint density at radius 3 is 2.59 bits per heavy atom. The van der Waals surface area contributed by atoms with Crippen molar-refractivity contribution in [3.8, 4) is 11.4 Å². The second-order valence-electron chi connectivity index (χ2n) is 7.61. The number of fused-ring (bicyclic) bond motifs is 4. The number of benzene rings is 2. The summed E-state index contributed by atoms with van der Waals surface area (Å²) in [6, 6.07) is 19.7. The molecule has 1 aromatic heterocycles. The van der Waals surface area contributed by atoms with Gasteiger partial charge in [0.05, 0.1) is 16.9 Å². The Morgan fingerprint density at radius 1 is 1.03 bits per heavy atom. The fourth-order valence-electron chi connectivity index (χ4n) is 4.38. The number of hydrogen-bond acceptors (Lipinski definition) is 3. The van der Waals surface area contributed by atoms with Crippen LogP contribution < -0.4 is 10.1 Å². The van der Waals surface area contributed by atoms with Crippen LogP contribution in [0.25, 0.3) is 5.69 Å². The maximum Gasteiger partial charge on any atom is 0.260 e. The van der Waals surface area contributed by atoms with Gasteiger partial charge in [0.2, 0.25) is 0 Å². The van der Waals surface area contributed by atoms with Gasteiger partial charge >= 0.3 is 0 Å². The summed E-state index contributed by atoms with van der Waals surface area (Å²) in [7, 11) is 0. The van der Waals surface area contributed by atoms with Crippen molar-refractivity contribution in [3.05, 3.63) is 77.6 Å². The van der Waals surface area contributed by atoms with E-state index in [1.54, 1.807) is 24.3 Å². The summed E-state index contributed by atoms with van der Waals surface area (Å²) in [6.07, 6.45) is 3.84. The van der Waals surface area contributed by atoms with Gasteiger partial charge in [-0.25, -0.2) is 0 Å². The topological polar surface area (TPSA) is 46.5 Å². The summed E-state index contributed by atoms with van der Waals surface area (Å²) in [5.74, 6) is 0.668. The molecule has 0 radical (unpaired) electrons. The Morgan fingerprint density at radius 2 is 1.79 bits per heavy atom. The molecule has 1 N–H and O–H groups in total. The third-order valence-electron chi connectivity index (χ3n) is 5.92. The smallest absolute Gasteiger partial charge is 0.260 e. The van der Waals surface area contributed by atoms with E-state index in [1.165, 1.54) is 11.4 Å². The molecule has 6 heteroatoms. The summed E-state index contributed by atoms with van der Waals surface area (Å²) in [4.78, 5) is 14.6. The minimum atomic E-state index is -0.147. The highest BCUT2D eigenvalue weighted by Crippen LogP contribution is 2.43. The Bertz CT molecular complexity index is 1040. The van der Waals surface area contributed by atoms with E-state index in [0.29, 0.717) is 23.9 Å². The molecule has 1 amide bonds. The van der Waals surface area contributed by atoms with E-state index in [1.807, 2.05) is 4.90 Å². The van der Waals surface area contributed by atoms with E-state index in [9.17, 15) is 4.79 Å². The van der Waals surface area contributed by atoms with Gasteiger partial charge in [-0.05, 0) is 61.4 Å². The highest BCUT2D eigenvalue weighted by molar-refractivity contribution is 6.30. The van der Waals surface area contributed by atoms with Crippen LogP contribution in [0.4, 0.5) is 5.69 Å². The Balaban J connectivity index is 1.27. The van der Waals surface area contributed by atoms with Crippen LogP contribution in [0.15, 0.2) is 66.9 Å². The molecule has 0 atom stereocenters. The lowest BCUT2D eigenvalue weighted by atomic mass is 9.82. The van der Waals surface area contributed by atoms with Crippen LogP contribution in [0.5, 0.6) is 5.75 Å². The summed E-state index contributed by atoms with van der Waals surface area (Å²) >= 11 is 5.89. The van der Waals surface area contributed by atoms with Gasteiger partial charge in [-0.3, -0.25) is 4.79 Å². The minimum absolute atomic E-state index is 0.0152. The Labute approximate surface area is 174 Å². The van der Waals surface area contributed by atoms with Crippen LogP contribution in [0.2, 0.25) is 5.02 Å². The first-order chi connectivity index (χ1) is 14.1. The van der Waals surface area contributed by atoms with Gasteiger partial charge in [-0.2, -0.15) is 0 Å². The lowest BCUT2D eigenvalue weighted by molar-refractivity contribution is -0.134. The molecule has 1 fully saturated rings. The van der Waals surface area contributed by atoms with E-state index in [0.717, 1.165) is 18.5 Å². The quantitative estimate of drug-likeness (QED) is 0.697. The molecule has 2 aromatic carbocycles. The number of nitrogens with zero attached hydrogens (tertiary/aromatic N) is 2. The molecular formula is C23H22ClN3O2. The molecular weight excluding hydrogens is 386 g/mol. The first-order valence-corrected chi connectivity index (χ1v) is 10.2. The van der Waals surface area contributed by atoms with Crippen LogP contribution in [-0.2, 0) is 10.3 Å². The molecule has 2 aliphatic heterocycles. The fraction of sp³-hybridized carbons (Fsp3) is 0.261. The van der Waals surface area contributed by atoms with Gasteiger partial charge in [-0.1, -0.05) is 23.7 Å². The van der Waals surface area contributed by atoms with E-state index >= 15 is 0 Å². The van der Waals surface area contributed by atoms with Crippen molar-refractivity contribution in [2.45, 2.75) is 18.4 Å².